The standard InChI is InChI=1S/C21H26N2O3/c1-15(26-19-12-10-18(25-5)11-13-19)20(24)23-22-14-16-6-8-17(9-7-16)21(2,3)4/h6-15H,1-5H3,(H,23,24)/b22-14+. The Hall–Kier alpha value is -2.82. The zero-order chi connectivity index (χ0) is 19.2. The van der Waals surface area contributed by atoms with E-state index in [1.54, 1.807) is 44.5 Å². The summed E-state index contributed by atoms with van der Waals surface area (Å²) in [6.45, 7) is 8.18. The second kappa shape index (κ2) is 8.52. The molecule has 0 aliphatic rings. The smallest absolute Gasteiger partial charge is 0.280 e. The van der Waals surface area contributed by atoms with Gasteiger partial charge in [0.05, 0.1) is 13.3 Å². The molecule has 1 amide bonds. The Morgan fingerprint density at radius 3 is 2.15 bits per heavy atom. The van der Waals surface area contributed by atoms with Gasteiger partial charge in [0.25, 0.3) is 5.91 Å². The number of carbonyl (C=O) groups is 1. The van der Waals surface area contributed by atoms with Crippen LogP contribution >= 0.6 is 0 Å². The molecule has 1 N–H and O–H groups in total. The molecule has 0 aromatic heterocycles. The first-order valence-electron chi connectivity index (χ1n) is 8.54. The molecule has 2 rings (SSSR count). The van der Waals surface area contributed by atoms with Gasteiger partial charge >= 0.3 is 0 Å². The predicted octanol–water partition coefficient (Wildman–Crippen LogP) is 3.91. The van der Waals surface area contributed by atoms with Crippen molar-refractivity contribution in [3.05, 3.63) is 59.7 Å². The van der Waals surface area contributed by atoms with Crippen LogP contribution in [0.25, 0.3) is 0 Å². The molecule has 26 heavy (non-hydrogen) atoms. The second-order valence-corrected chi connectivity index (χ2v) is 7.04. The minimum absolute atomic E-state index is 0.109. The minimum Gasteiger partial charge on any atom is -0.497 e. The summed E-state index contributed by atoms with van der Waals surface area (Å²) in [5.74, 6) is 1.01. The van der Waals surface area contributed by atoms with Crippen molar-refractivity contribution in [2.24, 2.45) is 5.10 Å². The largest absolute Gasteiger partial charge is 0.497 e. The average molecular weight is 354 g/mol. The molecule has 0 aliphatic carbocycles. The first-order valence-corrected chi connectivity index (χ1v) is 8.54. The molecule has 1 unspecified atom stereocenters. The molecular formula is C21H26N2O3. The first-order chi connectivity index (χ1) is 12.3. The van der Waals surface area contributed by atoms with Crippen molar-refractivity contribution in [1.82, 2.24) is 5.43 Å². The molecule has 0 fully saturated rings. The van der Waals surface area contributed by atoms with Crippen LogP contribution in [0, 0.1) is 0 Å². The summed E-state index contributed by atoms with van der Waals surface area (Å²) in [6, 6.07) is 15.2. The maximum absolute atomic E-state index is 12.1. The van der Waals surface area contributed by atoms with E-state index in [1.165, 1.54) is 5.56 Å². The molecule has 1 atom stereocenters. The average Bonchev–Trinajstić information content (AvgIpc) is 2.62. The lowest BCUT2D eigenvalue weighted by Gasteiger charge is -2.18. The predicted molar refractivity (Wildman–Crippen MR) is 104 cm³/mol. The van der Waals surface area contributed by atoms with Gasteiger partial charge in [-0.1, -0.05) is 45.0 Å². The second-order valence-electron chi connectivity index (χ2n) is 7.04. The number of nitrogens with zero attached hydrogens (tertiary/aromatic N) is 1. The Morgan fingerprint density at radius 2 is 1.62 bits per heavy atom. The molecule has 0 saturated carbocycles. The van der Waals surface area contributed by atoms with Gasteiger partial charge in [0.1, 0.15) is 11.5 Å². The fraction of sp³-hybridized carbons (Fsp3) is 0.333. The third kappa shape index (κ3) is 5.62. The zero-order valence-electron chi connectivity index (χ0n) is 15.9. The van der Waals surface area contributed by atoms with Gasteiger partial charge in [-0.25, -0.2) is 5.43 Å². The number of rotatable bonds is 6. The SMILES string of the molecule is COc1ccc(OC(C)C(=O)N/N=C/c2ccc(C(C)(C)C)cc2)cc1. The lowest BCUT2D eigenvalue weighted by atomic mass is 9.87. The fourth-order valence-electron chi connectivity index (χ4n) is 2.24. The van der Waals surface area contributed by atoms with Crippen LogP contribution in [0.1, 0.15) is 38.8 Å². The van der Waals surface area contributed by atoms with Crippen LogP contribution in [-0.4, -0.2) is 25.3 Å². The van der Waals surface area contributed by atoms with Crippen molar-refractivity contribution in [3.8, 4) is 11.5 Å². The van der Waals surface area contributed by atoms with Crippen LogP contribution in [0.15, 0.2) is 53.6 Å². The third-order valence-corrected chi connectivity index (χ3v) is 3.91. The van der Waals surface area contributed by atoms with E-state index < -0.39 is 6.10 Å². The first kappa shape index (κ1) is 19.5. The molecule has 2 aromatic carbocycles. The van der Waals surface area contributed by atoms with E-state index >= 15 is 0 Å². The van der Waals surface area contributed by atoms with Crippen molar-refractivity contribution in [2.75, 3.05) is 7.11 Å². The van der Waals surface area contributed by atoms with Gasteiger partial charge in [-0.05, 0) is 47.7 Å². The molecule has 0 saturated heterocycles. The van der Waals surface area contributed by atoms with Gasteiger partial charge in [0.15, 0.2) is 6.10 Å². The van der Waals surface area contributed by atoms with Crippen LogP contribution in [0.3, 0.4) is 0 Å². The van der Waals surface area contributed by atoms with Crippen LogP contribution < -0.4 is 14.9 Å². The maximum Gasteiger partial charge on any atom is 0.280 e. The highest BCUT2D eigenvalue weighted by Gasteiger charge is 2.14. The highest BCUT2D eigenvalue weighted by atomic mass is 16.5. The summed E-state index contributed by atoms with van der Waals surface area (Å²) in [5, 5.41) is 4.00. The van der Waals surface area contributed by atoms with Gasteiger partial charge in [0, 0.05) is 0 Å². The minimum atomic E-state index is -0.663. The number of hydrogen-bond acceptors (Lipinski definition) is 4. The molecule has 0 aliphatic heterocycles. The monoisotopic (exact) mass is 354 g/mol. The quantitative estimate of drug-likeness (QED) is 0.632. The third-order valence-electron chi connectivity index (χ3n) is 3.91. The van der Waals surface area contributed by atoms with E-state index in [0.29, 0.717) is 5.75 Å². The Bertz CT molecular complexity index is 744. The fourth-order valence-corrected chi connectivity index (χ4v) is 2.24. The van der Waals surface area contributed by atoms with Crippen molar-refractivity contribution in [3.63, 3.8) is 0 Å². The van der Waals surface area contributed by atoms with Crippen LogP contribution in [-0.2, 0) is 10.2 Å². The van der Waals surface area contributed by atoms with Crippen molar-refractivity contribution < 1.29 is 14.3 Å². The summed E-state index contributed by atoms with van der Waals surface area (Å²) in [6.07, 6.45) is 0.952. The van der Waals surface area contributed by atoms with Crippen LogP contribution in [0.2, 0.25) is 0 Å². The van der Waals surface area contributed by atoms with Gasteiger partial charge in [-0.3, -0.25) is 4.79 Å². The molecule has 5 nitrogen and oxygen atoms in total. The summed E-state index contributed by atoms with van der Waals surface area (Å²) < 4.78 is 10.7. The molecule has 138 valence electrons. The van der Waals surface area contributed by atoms with Gasteiger partial charge in [0.2, 0.25) is 0 Å². The van der Waals surface area contributed by atoms with Gasteiger partial charge < -0.3 is 9.47 Å². The zero-order valence-corrected chi connectivity index (χ0v) is 15.9. The summed E-state index contributed by atoms with van der Waals surface area (Å²) in [5.41, 5.74) is 4.78. The van der Waals surface area contributed by atoms with Crippen molar-refractivity contribution >= 4 is 12.1 Å². The lowest BCUT2D eigenvalue weighted by molar-refractivity contribution is -0.127. The summed E-state index contributed by atoms with van der Waals surface area (Å²) >= 11 is 0. The number of ether oxygens (including phenoxy) is 2. The Morgan fingerprint density at radius 1 is 1.04 bits per heavy atom. The number of benzene rings is 2. The molecule has 5 heteroatoms. The van der Waals surface area contributed by atoms with E-state index in [2.05, 4.69) is 43.4 Å². The van der Waals surface area contributed by atoms with E-state index in [0.717, 1.165) is 11.3 Å². The summed E-state index contributed by atoms with van der Waals surface area (Å²) in [7, 11) is 1.60. The van der Waals surface area contributed by atoms with Crippen molar-refractivity contribution in [2.45, 2.75) is 39.2 Å². The van der Waals surface area contributed by atoms with Gasteiger partial charge in [-0.2, -0.15) is 5.10 Å². The van der Waals surface area contributed by atoms with Gasteiger partial charge in [-0.15, -0.1) is 0 Å². The van der Waals surface area contributed by atoms with E-state index in [9.17, 15) is 4.79 Å². The highest BCUT2D eigenvalue weighted by Crippen LogP contribution is 2.21. The number of nitrogens with one attached hydrogen (secondary N) is 1. The number of amides is 1. The Balaban J connectivity index is 1.87. The number of hydrogen-bond donors (Lipinski definition) is 1. The highest BCUT2D eigenvalue weighted by molar-refractivity contribution is 5.84. The molecule has 0 heterocycles. The number of carbonyl (C=O) groups excluding carboxylic acids is 1. The molecule has 0 radical (unpaired) electrons. The topological polar surface area (TPSA) is 59.9 Å². The molecule has 0 spiro atoms. The number of hydrazone groups is 1. The summed E-state index contributed by atoms with van der Waals surface area (Å²) in [4.78, 5) is 12.1. The van der Waals surface area contributed by atoms with E-state index in [-0.39, 0.29) is 11.3 Å². The number of methoxy groups -OCH3 is 1. The van der Waals surface area contributed by atoms with E-state index in [4.69, 9.17) is 9.47 Å². The van der Waals surface area contributed by atoms with E-state index in [1.807, 2.05) is 12.1 Å². The van der Waals surface area contributed by atoms with Crippen LogP contribution in [0.5, 0.6) is 11.5 Å². The molecule has 0 bridgehead atoms. The maximum atomic E-state index is 12.1. The Labute approximate surface area is 155 Å². The van der Waals surface area contributed by atoms with Crippen LogP contribution in [0.4, 0.5) is 0 Å². The van der Waals surface area contributed by atoms with Crippen molar-refractivity contribution in [1.29, 1.82) is 0 Å². The Kier molecular flexibility index (Phi) is 6.39. The lowest BCUT2D eigenvalue weighted by Crippen LogP contribution is -2.33. The molecular weight excluding hydrogens is 328 g/mol. The normalized spacial score (nSPS) is 12.7. The molecule has 2 aromatic rings.